The Morgan fingerprint density at radius 1 is 1.31 bits per heavy atom. The van der Waals surface area contributed by atoms with Gasteiger partial charge in [0, 0.05) is 26.2 Å². The van der Waals surface area contributed by atoms with Crippen molar-refractivity contribution >= 4 is 11.5 Å². The lowest BCUT2D eigenvalue weighted by atomic mass is 10.3. The third kappa shape index (κ3) is 2.53. The van der Waals surface area contributed by atoms with Gasteiger partial charge in [0.15, 0.2) is 0 Å². The van der Waals surface area contributed by atoms with Gasteiger partial charge in [-0.2, -0.15) is 0 Å². The molecular formula is C12H15N3O. The van der Waals surface area contributed by atoms with Crippen molar-refractivity contribution in [2.45, 2.75) is 6.54 Å². The molecule has 0 aliphatic heterocycles. The third-order valence-corrected chi connectivity index (χ3v) is 2.28. The van der Waals surface area contributed by atoms with Crippen molar-refractivity contribution in [3.8, 4) is 0 Å². The van der Waals surface area contributed by atoms with Crippen LogP contribution in [0.3, 0.4) is 0 Å². The Morgan fingerprint density at radius 3 is 2.75 bits per heavy atom. The fraction of sp³-hybridized carbons (Fsp3) is 0.250. The lowest BCUT2D eigenvalue weighted by Crippen LogP contribution is -2.10. The van der Waals surface area contributed by atoms with Crippen LogP contribution in [0, 0.1) is 0 Å². The van der Waals surface area contributed by atoms with Gasteiger partial charge >= 0.3 is 0 Å². The molecule has 0 unspecified atom stereocenters. The number of rotatable bonds is 4. The smallest absolute Gasteiger partial charge is 0.128 e. The number of hydrogen-bond acceptors (Lipinski definition) is 4. The standard InChI is InChI=1S/C12H15N3O/c1-15(2)12-4-3-11(8-14-12)13-7-10-5-6-16-9-10/h3-6,8-9,13H,7H2,1-2H3. The molecule has 2 heterocycles. The molecule has 4 nitrogen and oxygen atoms in total. The van der Waals surface area contributed by atoms with E-state index in [-0.39, 0.29) is 0 Å². The summed E-state index contributed by atoms with van der Waals surface area (Å²) in [5, 5.41) is 3.27. The first-order valence-corrected chi connectivity index (χ1v) is 5.14. The van der Waals surface area contributed by atoms with Gasteiger partial charge in [-0.25, -0.2) is 4.98 Å². The summed E-state index contributed by atoms with van der Waals surface area (Å²) in [6.45, 7) is 0.749. The number of anilines is 2. The van der Waals surface area contributed by atoms with Crippen LogP contribution in [0.4, 0.5) is 11.5 Å². The second-order valence-electron chi connectivity index (χ2n) is 3.78. The molecule has 2 rings (SSSR count). The van der Waals surface area contributed by atoms with Gasteiger partial charge < -0.3 is 14.6 Å². The molecule has 0 radical (unpaired) electrons. The van der Waals surface area contributed by atoms with Crippen LogP contribution in [0.1, 0.15) is 5.56 Å². The Bertz CT molecular complexity index is 420. The summed E-state index contributed by atoms with van der Waals surface area (Å²) in [5.41, 5.74) is 2.13. The predicted molar refractivity (Wildman–Crippen MR) is 64.6 cm³/mol. The molecule has 84 valence electrons. The minimum Gasteiger partial charge on any atom is -0.472 e. The first-order chi connectivity index (χ1) is 7.75. The van der Waals surface area contributed by atoms with Gasteiger partial charge in [0.25, 0.3) is 0 Å². The molecule has 0 amide bonds. The number of furan rings is 1. The molecule has 0 atom stereocenters. The van der Waals surface area contributed by atoms with Gasteiger partial charge in [0.05, 0.1) is 24.4 Å². The lowest BCUT2D eigenvalue weighted by molar-refractivity contribution is 0.564. The molecule has 1 N–H and O–H groups in total. The molecule has 0 fully saturated rings. The Labute approximate surface area is 94.9 Å². The van der Waals surface area contributed by atoms with Crippen LogP contribution >= 0.6 is 0 Å². The molecule has 2 aromatic rings. The maximum absolute atomic E-state index is 4.99. The van der Waals surface area contributed by atoms with E-state index in [9.17, 15) is 0 Å². The Kier molecular flexibility index (Phi) is 3.10. The van der Waals surface area contributed by atoms with Gasteiger partial charge in [-0.05, 0) is 18.2 Å². The minimum absolute atomic E-state index is 0.749. The van der Waals surface area contributed by atoms with E-state index in [1.54, 1.807) is 12.5 Å². The molecular weight excluding hydrogens is 202 g/mol. The molecule has 2 aromatic heterocycles. The largest absolute Gasteiger partial charge is 0.472 e. The molecule has 0 aliphatic carbocycles. The van der Waals surface area contributed by atoms with Crippen LogP contribution in [0.15, 0.2) is 41.3 Å². The summed E-state index contributed by atoms with van der Waals surface area (Å²) < 4.78 is 4.99. The quantitative estimate of drug-likeness (QED) is 0.853. The first kappa shape index (κ1) is 10.5. The molecule has 16 heavy (non-hydrogen) atoms. The van der Waals surface area contributed by atoms with Crippen LogP contribution in [-0.4, -0.2) is 19.1 Å². The zero-order valence-corrected chi connectivity index (χ0v) is 9.47. The average molecular weight is 217 g/mol. The van der Waals surface area contributed by atoms with Crippen molar-refractivity contribution in [1.82, 2.24) is 4.98 Å². The monoisotopic (exact) mass is 217 g/mol. The maximum Gasteiger partial charge on any atom is 0.128 e. The van der Waals surface area contributed by atoms with E-state index in [1.165, 1.54) is 0 Å². The minimum atomic E-state index is 0.749. The van der Waals surface area contributed by atoms with E-state index >= 15 is 0 Å². The third-order valence-electron chi connectivity index (χ3n) is 2.28. The highest BCUT2D eigenvalue weighted by molar-refractivity contribution is 5.48. The zero-order valence-electron chi connectivity index (χ0n) is 9.47. The molecule has 0 saturated heterocycles. The Hall–Kier alpha value is -1.97. The Morgan fingerprint density at radius 2 is 2.19 bits per heavy atom. The lowest BCUT2D eigenvalue weighted by Gasteiger charge is -2.11. The van der Waals surface area contributed by atoms with Gasteiger partial charge in [-0.15, -0.1) is 0 Å². The van der Waals surface area contributed by atoms with E-state index in [0.29, 0.717) is 0 Å². The SMILES string of the molecule is CN(C)c1ccc(NCc2ccoc2)cn1. The van der Waals surface area contributed by atoms with E-state index < -0.39 is 0 Å². The normalized spacial score (nSPS) is 10.1. The van der Waals surface area contributed by atoms with Crippen molar-refractivity contribution in [2.24, 2.45) is 0 Å². The summed E-state index contributed by atoms with van der Waals surface area (Å²) in [6.07, 6.45) is 5.23. The molecule has 0 aromatic carbocycles. The summed E-state index contributed by atoms with van der Waals surface area (Å²) in [6, 6.07) is 5.94. The van der Waals surface area contributed by atoms with E-state index in [4.69, 9.17) is 4.42 Å². The number of nitrogens with zero attached hydrogens (tertiary/aromatic N) is 2. The number of aromatic nitrogens is 1. The van der Waals surface area contributed by atoms with Gasteiger partial charge in [-0.3, -0.25) is 0 Å². The summed E-state index contributed by atoms with van der Waals surface area (Å²) in [4.78, 5) is 6.29. The Balaban J connectivity index is 1.95. The van der Waals surface area contributed by atoms with Crippen LogP contribution in [0.25, 0.3) is 0 Å². The van der Waals surface area contributed by atoms with Crippen LogP contribution in [0.2, 0.25) is 0 Å². The van der Waals surface area contributed by atoms with Crippen molar-refractivity contribution < 1.29 is 4.42 Å². The fourth-order valence-electron chi connectivity index (χ4n) is 1.35. The summed E-state index contributed by atoms with van der Waals surface area (Å²) in [5.74, 6) is 0.953. The van der Waals surface area contributed by atoms with E-state index in [0.717, 1.165) is 23.6 Å². The van der Waals surface area contributed by atoms with Gasteiger partial charge in [-0.1, -0.05) is 0 Å². The highest BCUT2D eigenvalue weighted by atomic mass is 16.3. The molecule has 0 aliphatic rings. The second kappa shape index (κ2) is 4.70. The maximum atomic E-state index is 4.99. The highest BCUT2D eigenvalue weighted by Gasteiger charge is 1.98. The zero-order chi connectivity index (χ0) is 11.4. The highest BCUT2D eigenvalue weighted by Crippen LogP contribution is 2.12. The average Bonchev–Trinajstić information content (AvgIpc) is 2.80. The van der Waals surface area contributed by atoms with E-state index in [2.05, 4.69) is 10.3 Å². The van der Waals surface area contributed by atoms with Gasteiger partial charge in [0.1, 0.15) is 5.82 Å². The van der Waals surface area contributed by atoms with Crippen molar-refractivity contribution in [3.63, 3.8) is 0 Å². The molecule has 4 heteroatoms. The number of nitrogens with one attached hydrogen (secondary N) is 1. The van der Waals surface area contributed by atoms with Crippen LogP contribution < -0.4 is 10.2 Å². The summed E-state index contributed by atoms with van der Waals surface area (Å²) in [7, 11) is 3.95. The number of pyridine rings is 1. The van der Waals surface area contributed by atoms with Crippen molar-refractivity contribution in [3.05, 3.63) is 42.5 Å². The van der Waals surface area contributed by atoms with Crippen LogP contribution in [0.5, 0.6) is 0 Å². The molecule has 0 spiro atoms. The number of hydrogen-bond donors (Lipinski definition) is 1. The molecule has 0 bridgehead atoms. The van der Waals surface area contributed by atoms with Crippen molar-refractivity contribution in [2.75, 3.05) is 24.3 Å². The van der Waals surface area contributed by atoms with Gasteiger partial charge in [0.2, 0.25) is 0 Å². The second-order valence-corrected chi connectivity index (χ2v) is 3.78. The van der Waals surface area contributed by atoms with Crippen molar-refractivity contribution in [1.29, 1.82) is 0 Å². The fourth-order valence-corrected chi connectivity index (χ4v) is 1.35. The topological polar surface area (TPSA) is 41.3 Å². The van der Waals surface area contributed by atoms with Crippen LogP contribution in [-0.2, 0) is 6.54 Å². The first-order valence-electron chi connectivity index (χ1n) is 5.14. The molecule has 0 saturated carbocycles. The summed E-state index contributed by atoms with van der Waals surface area (Å²) >= 11 is 0. The van der Waals surface area contributed by atoms with E-state index in [1.807, 2.05) is 43.4 Å². The predicted octanol–water partition coefficient (Wildman–Crippen LogP) is 2.35.